The predicted octanol–water partition coefficient (Wildman–Crippen LogP) is 12.6. The van der Waals surface area contributed by atoms with Gasteiger partial charge in [0, 0.05) is 33.5 Å². The van der Waals surface area contributed by atoms with Crippen molar-refractivity contribution in [1.82, 2.24) is 19.9 Å². The minimum atomic E-state index is 0.473. The van der Waals surface area contributed by atoms with Crippen molar-refractivity contribution in [3.05, 3.63) is 170 Å². The van der Waals surface area contributed by atoms with Gasteiger partial charge in [-0.1, -0.05) is 140 Å². The Kier molecular flexibility index (Phi) is 6.75. The number of oxazole rings is 1. The molecule has 0 aliphatic heterocycles. The lowest BCUT2D eigenvalue weighted by molar-refractivity contribution is 0.620. The van der Waals surface area contributed by atoms with E-state index in [0.29, 0.717) is 45.6 Å². The topological polar surface area (TPSA) is 77.8 Å². The zero-order chi connectivity index (χ0) is 35.6. The summed E-state index contributed by atoms with van der Waals surface area (Å²) in [7, 11) is 0. The number of furan rings is 1. The Morgan fingerprint density at radius 2 is 0.907 bits per heavy atom. The van der Waals surface area contributed by atoms with Crippen LogP contribution >= 0.6 is 0 Å². The molecule has 0 aliphatic rings. The molecule has 0 spiro atoms. The van der Waals surface area contributed by atoms with Crippen LogP contribution < -0.4 is 0 Å². The monoisotopic (exact) mass is 692 g/mol. The molecule has 0 fully saturated rings. The molecule has 6 nitrogen and oxygen atoms in total. The van der Waals surface area contributed by atoms with E-state index in [1.165, 1.54) is 10.8 Å². The summed E-state index contributed by atoms with van der Waals surface area (Å²) in [5, 5.41) is 6.49. The highest BCUT2D eigenvalue weighted by molar-refractivity contribution is 6.18. The molecule has 3 heterocycles. The van der Waals surface area contributed by atoms with Crippen LogP contribution in [0.2, 0.25) is 0 Å². The fourth-order valence-electron chi connectivity index (χ4n) is 7.44. The number of fused-ring (bicyclic) bond motifs is 6. The number of rotatable bonds is 5. The van der Waals surface area contributed by atoms with Crippen LogP contribution in [0.5, 0.6) is 0 Å². The van der Waals surface area contributed by atoms with E-state index in [2.05, 4.69) is 97.1 Å². The van der Waals surface area contributed by atoms with Crippen molar-refractivity contribution < 1.29 is 8.83 Å². The highest BCUT2D eigenvalue weighted by atomic mass is 16.4. The van der Waals surface area contributed by atoms with E-state index < -0.39 is 0 Å². The van der Waals surface area contributed by atoms with Gasteiger partial charge in [0.25, 0.3) is 0 Å². The van der Waals surface area contributed by atoms with E-state index in [9.17, 15) is 0 Å². The van der Waals surface area contributed by atoms with E-state index >= 15 is 0 Å². The van der Waals surface area contributed by atoms with E-state index in [1.807, 2.05) is 72.8 Å². The molecule has 0 aliphatic carbocycles. The number of hydrogen-bond acceptors (Lipinski definition) is 6. The van der Waals surface area contributed by atoms with Gasteiger partial charge in [0.15, 0.2) is 23.1 Å². The average Bonchev–Trinajstić information content (AvgIpc) is 3.84. The summed E-state index contributed by atoms with van der Waals surface area (Å²) in [5.41, 5.74) is 8.28. The predicted molar refractivity (Wildman–Crippen MR) is 217 cm³/mol. The molecule has 0 saturated carbocycles. The Labute approximate surface area is 309 Å². The van der Waals surface area contributed by atoms with Gasteiger partial charge in [-0.05, 0) is 56.9 Å². The molecule has 8 aromatic carbocycles. The molecule has 11 rings (SSSR count). The lowest BCUT2D eigenvalue weighted by Gasteiger charge is -2.10. The molecule has 0 bridgehead atoms. The van der Waals surface area contributed by atoms with E-state index in [1.54, 1.807) is 0 Å². The third-order valence-corrected chi connectivity index (χ3v) is 10.1. The highest BCUT2D eigenvalue weighted by Gasteiger charge is 2.25. The molecule has 0 N–H and O–H groups in total. The molecule has 252 valence electrons. The van der Waals surface area contributed by atoms with Crippen molar-refractivity contribution in [2.75, 3.05) is 0 Å². The fraction of sp³-hybridized carbons (Fsp3) is 0. The molecule has 0 saturated heterocycles. The largest absolute Gasteiger partial charge is 0.456 e. The van der Waals surface area contributed by atoms with Crippen molar-refractivity contribution >= 4 is 54.6 Å². The summed E-state index contributed by atoms with van der Waals surface area (Å²) >= 11 is 0. The second-order valence-electron chi connectivity index (χ2n) is 13.5. The molecule has 0 atom stereocenters. The number of aromatic nitrogens is 4. The van der Waals surface area contributed by atoms with Gasteiger partial charge in [0.05, 0.1) is 5.56 Å². The summed E-state index contributed by atoms with van der Waals surface area (Å²) in [6.45, 7) is 0. The summed E-state index contributed by atoms with van der Waals surface area (Å²) < 4.78 is 13.2. The lowest BCUT2D eigenvalue weighted by atomic mass is 10.00. The number of nitrogens with zero attached hydrogens (tertiary/aromatic N) is 4. The van der Waals surface area contributed by atoms with Crippen molar-refractivity contribution in [1.29, 1.82) is 0 Å². The Balaban J connectivity index is 1.13. The van der Waals surface area contributed by atoms with Crippen molar-refractivity contribution in [2.24, 2.45) is 0 Å². The molecule has 54 heavy (non-hydrogen) atoms. The van der Waals surface area contributed by atoms with Gasteiger partial charge in [-0.3, -0.25) is 0 Å². The van der Waals surface area contributed by atoms with E-state index in [0.717, 1.165) is 54.9 Å². The van der Waals surface area contributed by atoms with Gasteiger partial charge in [-0.2, -0.15) is 0 Å². The smallest absolute Gasteiger partial charge is 0.227 e. The minimum absolute atomic E-state index is 0.473. The van der Waals surface area contributed by atoms with Crippen LogP contribution in [0.25, 0.3) is 111 Å². The van der Waals surface area contributed by atoms with Crippen LogP contribution in [-0.4, -0.2) is 19.9 Å². The molecule has 6 heteroatoms. The van der Waals surface area contributed by atoms with E-state index in [-0.39, 0.29) is 0 Å². The zero-order valence-corrected chi connectivity index (χ0v) is 28.8. The maximum Gasteiger partial charge on any atom is 0.227 e. The third kappa shape index (κ3) is 5.04. The second kappa shape index (κ2) is 12.1. The quantitative estimate of drug-likeness (QED) is 0.179. The van der Waals surface area contributed by atoms with E-state index in [4.69, 9.17) is 28.8 Å². The first-order valence-corrected chi connectivity index (χ1v) is 17.9. The maximum atomic E-state index is 6.75. The molecule has 0 amide bonds. The summed E-state index contributed by atoms with van der Waals surface area (Å²) in [4.78, 5) is 20.4. The number of hydrogen-bond donors (Lipinski definition) is 0. The lowest BCUT2D eigenvalue weighted by Crippen LogP contribution is -2.00. The van der Waals surface area contributed by atoms with Crippen LogP contribution in [0.3, 0.4) is 0 Å². The summed E-state index contributed by atoms with van der Waals surface area (Å²) in [6, 6.07) is 57.9. The zero-order valence-electron chi connectivity index (χ0n) is 28.8. The van der Waals surface area contributed by atoms with Gasteiger partial charge in [0.2, 0.25) is 5.89 Å². The van der Waals surface area contributed by atoms with Gasteiger partial charge in [-0.25, -0.2) is 19.9 Å². The minimum Gasteiger partial charge on any atom is -0.456 e. The maximum absolute atomic E-state index is 6.75. The SMILES string of the molecule is c1ccc(-c2nc(-c3ccc(-c4ccc5ccccc5c4)cc3)nc(-c3c4oc(-c5ccc6ccccc6c5)nc4cc4oc5ccccc5c34)n2)cc1. The number of para-hydroxylation sites is 1. The molecule has 0 radical (unpaired) electrons. The van der Waals surface area contributed by atoms with Crippen LogP contribution in [0.15, 0.2) is 179 Å². The second-order valence-corrected chi connectivity index (χ2v) is 13.5. The Hall–Kier alpha value is -7.44. The third-order valence-electron chi connectivity index (χ3n) is 10.1. The first-order chi connectivity index (χ1) is 26.7. The normalized spacial score (nSPS) is 11.7. The van der Waals surface area contributed by atoms with Crippen LogP contribution in [0.1, 0.15) is 0 Å². The standard InChI is InChI=1S/C48H28N4O2/c1-2-12-32(13-3-1)45-50-46(33-22-18-31(19-23-33)36-24-20-29-10-4-6-14-34(29)26-36)52-47(51-45)43-42-38-16-8-9-17-40(38)53-41(42)28-39-44(43)54-48(49-39)37-25-21-30-11-5-7-15-35(30)27-37/h1-28H. The molecule has 3 aromatic heterocycles. The Bertz CT molecular complexity index is 3220. The summed E-state index contributed by atoms with van der Waals surface area (Å²) in [5.74, 6) is 2.09. The first-order valence-electron chi connectivity index (χ1n) is 17.9. The Morgan fingerprint density at radius 3 is 1.65 bits per heavy atom. The fourth-order valence-corrected chi connectivity index (χ4v) is 7.44. The van der Waals surface area contributed by atoms with Crippen LogP contribution in [-0.2, 0) is 0 Å². The molecular weight excluding hydrogens is 665 g/mol. The van der Waals surface area contributed by atoms with Gasteiger partial charge in [0.1, 0.15) is 16.7 Å². The van der Waals surface area contributed by atoms with Gasteiger partial charge < -0.3 is 8.83 Å². The van der Waals surface area contributed by atoms with Crippen molar-refractivity contribution in [3.8, 4) is 56.7 Å². The highest BCUT2D eigenvalue weighted by Crippen LogP contribution is 2.43. The first kappa shape index (κ1) is 30.2. The van der Waals surface area contributed by atoms with Crippen LogP contribution in [0, 0.1) is 0 Å². The van der Waals surface area contributed by atoms with Crippen LogP contribution in [0.4, 0.5) is 0 Å². The molecular formula is C48H28N4O2. The summed E-state index contributed by atoms with van der Waals surface area (Å²) in [6.07, 6.45) is 0. The molecule has 11 aromatic rings. The van der Waals surface area contributed by atoms with Crippen molar-refractivity contribution in [2.45, 2.75) is 0 Å². The Morgan fingerprint density at radius 1 is 0.352 bits per heavy atom. The van der Waals surface area contributed by atoms with Gasteiger partial charge in [-0.15, -0.1) is 0 Å². The average molecular weight is 693 g/mol. The molecule has 0 unspecified atom stereocenters. The number of benzene rings is 8. The van der Waals surface area contributed by atoms with Gasteiger partial charge >= 0.3 is 0 Å². The van der Waals surface area contributed by atoms with Crippen molar-refractivity contribution in [3.63, 3.8) is 0 Å².